The highest BCUT2D eigenvalue weighted by molar-refractivity contribution is 5.34. The standard InChI is InChI=1S/C15H13N3O2/c16-9-13-2-1-3-14(8-13)11-17-10-12-4-6-15(7-5-12)18(19)20/h1-8,17H,10-11H2. The van der Waals surface area contributed by atoms with E-state index in [9.17, 15) is 10.1 Å². The smallest absolute Gasteiger partial charge is 0.269 e. The Hall–Kier alpha value is -2.71. The molecule has 100 valence electrons. The van der Waals surface area contributed by atoms with Crippen LogP contribution in [0.4, 0.5) is 5.69 Å². The molecule has 0 amide bonds. The summed E-state index contributed by atoms with van der Waals surface area (Å²) in [7, 11) is 0. The molecule has 0 saturated heterocycles. The third-order valence-electron chi connectivity index (χ3n) is 2.86. The molecule has 0 aliphatic carbocycles. The lowest BCUT2D eigenvalue weighted by Crippen LogP contribution is -2.12. The fraction of sp³-hybridized carbons (Fsp3) is 0.133. The summed E-state index contributed by atoms with van der Waals surface area (Å²) in [6.07, 6.45) is 0. The van der Waals surface area contributed by atoms with Gasteiger partial charge in [0.2, 0.25) is 0 Å². The fourth-order valence-electron chi connectivity index (χ4n) is 1.84. The highest BCUT2D eigenvalue weighted by Gasteiger charge is 2.03. The summed E-state index contributed by atoms with van der Waals surface area (Å²) in [4.78, 5) is 10.1. The monoisotopic (exact) mass is 267 g/mol. The maximum absolute atomic E-state index is 10.5. The fourth-order valence-corrected chi connectivity index (χ4v) is 1.84. The van der Waals surface area contributed by atoms with Gasteiger partial charge in [-0.25, -0.2) is 0 Å². The Balaban J connectivity index is 1.89. The van der Waals surface area contributed by atoms with Gasteiger partial charge in [-0.2, -0.15) is 5.26 Å². The van der Waals surface area contributed by atoms with Crippen molar-refractivity contribution in [3.8, 4) is 6.07 Å². The second-order valence-electron chi connectivity index (χ2n) is 4.34. The first-order valence-electron chi connectivity index (χ1n) is 6.12. The summed E-state index contributed by atoms with van der Waals surface area (Å²) in [5, 5.41) is 22.6. The van der Waals surface area contributed by atoms with Gasteiger partial charge in [0, 0.05) is 25.2 Å². The Morgan fingerprint density at radius 1 is 1.10 bits per heavy atom. The third kappa shape index (κ3) is 3.64. The summed E-state index contributed by atoms with van der Waals surface area (Å²) in [5.74, 6) is 0. The zero-order chi connectivity index (χ0) is 14.4. The van der Waals surface area contributed by atoms with E-state index < -0.39 is 4.92 Å². The van der Waals surface area contributed by atoms with Crippen LogP contribution in [0.15, 0.2) is 48.5 Å². The summed E-state index contributed by atoms with van der Waals surface area (Å²) >= 11 is 0. The van der Waals surface area contributed by atoms with Crippen molar-refractivity contribution in [3.05, 3.63) is 75.3 Å². The minimum absolute atomic E-state index is 0.0930. The van der Waals surface area contributed by atoms with Crippen LogP contribution >= 0.6 is 0 Å². The molecule has 0 bridgehead atoms. The molecule has 0 radical (unpaired) electrons. The van der Waals surface area contributed by atoms with Crippen molar-refractivity contribution < 1.29 is 4.92 Å². The van der Waals surface area contributed by atoms with Crippen LogP contribution in [0.1, 0.15) is 16.7 Å². The molecular formula is C15H13N3O2. The van der Waals surface area contributed by atoms with Gasteiger partial charge in [-0.05, 0) is 23.3 Å². The number of nitrogens with zero attached hydrogens (tertiary/aromatic N) is 2. The minimum Gasteiger partial charge on any atom is -0.309 e. The SMILES string of the molecule is N#Cc1cccc(CNCc2ccc([N+](=O)[O-])cc2)c1. The molecular weight excluding hydrogens is 254 g/mol. The van der Waals surface area contributed by atoms with Gasteiger partial charge in [-0.15, -0.1) is 0 Å². The second kappa shape index (κ2) is 6.45. The number of benzene rings is 2. The number of nitro groups is 1. The van der Waals surface area contributed by atoms with Gasteiger partial charge >= 0.3 is 0 Å². The van der Waals surface area contributed by atoms with Crippen molar-refractivity contribution in [2.24, 2.45) is 0 Å². The Morgan fingerprint density at radius 2 is 1.80 bits per heavy atom. The van der Waals surface area contributed by atoms with Gasteiger partial charge in [0.15, 0.2) is 0 Å². The van der Waals surface area contributed by atoms with Crippen LogP contribution in [0.3, 0.4) is 0 Å². The van der Waals surface area contributed by atoms with Crippen LogP contribution in [-0.2, 0) is 13.1 Å². The quantitative estimate of drug-likeness (QED) is 0.667. The molecule has 0 saturated carbocycles. The largest absolute Gasteiger partial charge is 0.309 e. The molecule has 5 heteroatoms. The number of nitriles is 1. The van der Waals surface area contributed by atoms with Gasteiger partial charge in [-0.1, -0.05) is 24.3 Å². The first-order chi connectivity index (χ1) is 9.69. The molecule has 0 fully saturated rings. The van der Waals surface area contributed by atoms with E-state index in [-0.39, 0.29) is 5.69 Å². The number of rotatable bonds is 5. The summed E-state index contributed by atoms with van der Waals surface area (Å²) in [6.45, 7) is 1.27. The molecule has 2 rings (SSSR count). The predicted molar refractivity (Wildman–Crippen MR) is 74.8 cm³/mol. The molecule has 0 unspecified atom stereocenters. The van der Waals surface area contributed by atoms with Gasteiger partial charge < -0.3 is 5.32 Å². The average molecular weight is 267 g/mol. The van der Waals surface area contributed by atoms with E-state index in [2.05, 4.69) is 11.4 Å². The van der Waals surface area contributed by atoms with E-state index in [1.165, 1.54) is 12.1 Å². The van der Waals surface area contributed by atoms with E-state index in [0.717, 1.165) is 11.1 Å². The van der Waals surface area contributed by atoms with E-state index in [0.29, 0.717) is 18.7 Å². The predicted octanol–water partition coefficient (Wildman–Crippen LogP) is 2.76. The molecule has 0 aromatic heterocycles. The highest BCUT2D eigenvalue weighted by Crippen LogP contribution is 2.12. The maximum atomic E-state index is 10.5. The van der Waals surface area contributed by atoms with Crippen LogP contribution in [0.25, 0.3) is 0 Å². The Kier molecular flexibility index (Phi) is 4.43. The first kappa shape index (κ1) is 13.7. The zero-order valence-corrected chi connectivity index (χ0v) is 10.7. The van der Waals surface area contributed by atoms with Crippen LogP contribution in [0.2, 0.25) is 0 Å². The topological polar surface area (TPSA) is 79.0 Å². The van der Waals surface area contributed by atoms with Crippen molar-refractivity contribution in [2.75, 3.05) is 0 Å². The number of nitro benzene ring substituents is 1. The van der Waals surface area contributed by atoms with Crippen LogP contribution < -0.4 is 5.32 Å². The van der Waals surface area contributed by atoms with Crippen molar-refractivity contribution >= 4 is 5.69 Å². The van der Waals surface area contributed by atoms with Crippen LogP contribution in [0, 0.1) is 21.4 Å². The highest BCUT2D eigenvalue weighted by atomic mass is 16.6. The average Bonchev–Trinajstić information content (AvgIpc) is 2.48. The van der Waals surface area contributed by atoms with Crippen molar-refractivity contribution in [1.29, 1.82) is 5.26 Å². The Bertz CT molecular complexity index is 645. The molecule has 0 aliphatic heterocycles. The van der Waals surface area contributed by atoms with E-state index in [4.69, 9.17) is 5.26 Å². The zero-order valence-electron chi connectivity index (χ0n) is 10.7. The molecule has 0 aliphatic rings. The maximum Gasteiger partial charge on any atom is 0.269 e. The molecule has 0 heterocycles. The lowest BCUT2D eigenvalue weighted by Gasteiger charge is -2.05. The lowest BCUT2D eigenvalue weighted by molar-refractivity contribution is -0.384. The molecule has 0 spiro atoms. The molecule has 0 atom stereocenters. The number of hydrogen-bond acceptors (Lipinski definition) is 4. The van der Waals surface area contributed by atoms with Crippen LogP contribution in [0.5, 0.6) is 0 Å². The minimum atomic E-state index is -0.412. The van der Waals surface area contributed by atoms with Crippen molar-refractivity contribution in [1.82, 2.24) is 5.32 Å². The van der Waals surface area contributed by atoms with Crippen molar-refractivity contribution in [2.45, 2.75) is 13.1 Å². The molecule has 5 nitrogen and oxygen atoms in total. The molecule has 1 N–H and O–H groups in total. The second-order valence-corrected chi connectivity index (χ2v) is 4.34. The molecule has 20 heavy (non-hydrogen) atoms. The lowest BCUT2D eigenvalue weighted by atomic mass is 10.1. The summed E-state index contributed by atoms with van der Waals surface area (Å²) in [6, 6.07) is 15.9. The molecule has 2 aromatic carbocycles. The summed E-state index contributed by atoms with van der Waals surface area (Å²) in [5.41, 5.74) is 2.74. The number of non-ortho nitro benzene ring substituents is 1. The third-order valence-corrected chi connectivity index (χ3v) is 2.86. The van der Waals surface area contributed by atoms with E-state index >= 15 is 0 Å². The first-order valence-corrected chi connectivity index (χ1v) is 6.12. The van der Waals surface area contributed by atoms with Crippen molar-refractivity contribution in [3.63, 3.8) is 0 Å². The van der Waals surface area contributed by atoms with Gasteiger partial charge in [0.05, 0.1) is 16.6 Å². The molecule has 2 aromatic rings. The summed E-state index contributed by atoms with van der Waals surface area (Å²) < 4.78 is 0. The van der Waals surface area contributed by atoms with Gasteiger partial charge in [0.25, 0.3) is 5.69 Å². The normalized spacial score (nSPS) is 9.95. The van der Waals surface area contributed by atoms with Crippen LogP contribution in [-0.4, -0.2) is 4.92 Å². The Labute approximate surface area is 116 Å². The van der Waals surface area contributed by atoms with Gasteiger partial charge in [-0.3, -0.25) is 10.1 Å². The van der Waals surface area contributed by atoms with E-state index in [1.807, 2.05) is 18.2 Å². The Morgan fingerprint density at radius 3 is 2.45 bits per heavy atom. The van der Waals surface area contributed by atoms with Gasteiger partial charge in [0.1, 0.15) is 0 Å². The number of nitrogens with one attached hydrogen (secondary N) is 1. The van der Waals surface area contributed by atoms with E-state index in [1.54, 1.807) is 18.2 Å². The number of hydrogen-bond donors (Lipinski definition) is 1.